The highest BCUT2D eigenvalue weighted by Gasteiger charge is 2.35. The molecule has 0 amide bonds. The first-order valence-corrected chi connectivity index (χ1v) is 15.2. The van der Waals surface area contributed by atoms with E-state index in [1.807, 2.05) is 23.2 Å². The van der Waals surface area contributed by atoms with Crippen molar-refractivity contribution in [3.63, 3.8) is 0 Å². The average molecular weight is 642 g/mol. The van der Waals surface area contributed by atoms with E-state index in [2.05, 4.69) is 52.4 Å². The number of anilines is 5. The van der Waals surface area contributed by atoms with Crippen LogP contribution < -0.4 is 20.3 Å². The molecule has 4 aromatic rings. The SMILES string of the molecule is CN1CCN(C2=NCN(c3n[nH]c4cc(Nc5ncc(C(F)(F)F)c(Nc6ccccc6CN[SH](=O)=O)n5)ccc34)C=C2)CC1. The van der Waals surface area contributed by atoms with Crippen LogP contribution in [0.1, 0.15) is 11.1 Å². The lowest BCUT2D eigenvalue weighted by molar-refractivity contribution is -0.137. The number of piperazine rings is 1. The Balaban J connectivity index is 1.19. The van der Waals surface area contributed by atoms with Crippen LogP contribution in [0.15, 0.2) is 65.9 Å². The van der Waals surface area contributed by atoms with E-state index in [-0.39, 0.29) is 18.2 Å². The van der Waals surface area contributed by atoms with Crippen molar-refractivity contribution < 1.29 is 21.6 Å². The van der Waals surface area contributed by atoms with Gasteiger partial charge in [-0.2, -0.15) is 23.3 Å². The Hall–Kier alpha value is -4.74. The molecule has 2 aliphatic rings. The number of benzene rings is 2. The number of fused-ring (bicyclic) bond motifs is 1. The van der Waals surface area contributed by atoms with Gasteiger partial charge in [-0.25, -0.2) is 23.1 Å². The van der Waals surface area contributed by atoms with Crippen LogP contribution >= 0.6 is 0 Å². The van der Waals surface area contributed by atoms with Gasteiger partial charge in [0.1, 0.15) is 23.9 Å². The number of H-pyrrole nitrogens is 1. The second-order valence-electron chi connectivity index (χ2n) is 10.5. The number of aromatic amines is 1. The molecule has 13 nitrogen and oxygen atoms in total. The third kappa shape index (κ3) is 7.00. The molecule has 2 aromatic heterocycles. The van der Waals surface area contributed by atoms with E-state index in [4.69, 9.17) is 4.99 Å². The summed E-state index contributed by atoms with van der Waals surface area (Å²) in [5.74, 6) is 1.08. The lowest BCUT2D eigenvalue weighted by Gasteiger charge is -2.35. The summed E-state index contributed by atoms with van der Waals surface area (Å²) >= 11 is 0. The zero-order valence-corrected chi connectivity index (χ0v) is 24.9. The molecule has 0 unspecified atom stereocenters. The Kier molecular flexibility index (Phi) is 8.55. The molecule has 2 aromatic carbocycles. The predicted molar refractivity (Wildman–Crippen MR) is 166 cm³/mol. The van der Waals surface area contributed by atoms with Crippen molar-refractivity contribution in [2.24, 2.45) is 4.99 Å². The van der Waals surface area contributed by atoms with Gasteiger partial charge in [0, 0.05) is 61.9 Å². The van der Waals surface area contributed by atoms with E-state index in [9.17, 15) is 21.6 Å². The smallest absolute Gasteiger partial charge is 0.354 e. The van der Waals surface area contributed by atoms with Gasteiger partial charge >= 0.3 is 6.18 Å². The van der Waals surface area contributed by atoms with Gasteiger partial charge < -0.3 is 25.3 Å². The molecule has 1 saturated heterocycles. The number of aromatic nitrogens is 4. The minimum absolute atomic E-state index is 0.0763. The van der Waals surface area contributed by atoms with Crippen molar-refractivity contribution in [2.75, 3.05) is 55.4 Å². The molecule has 236 valence electrons. The van der Waals surface area contributed by atoms with E-state index >= 15 is 0 Å². The molecule has 17 heteroatoms. The topological polar surface area (TPSA) is 147 Å². The van der Waals surface area contributed by atoms with Crippen molar-refractivity contribution in [3.8, 4) is 0 Å². The van der Waals surface area contributed by atoms with Crippen LogP contribution in [0.3, 0.4) is 0 Å². The van der Waals surface area contributed by atoms with Gasteiger partial charge in [-0.1, -0.05) is 18.2 Å². The first-order chi connectivity index (χ1) is 21.6. The fourth-order valence-electron chi connectivity index (χ4n) is 5.03. The van der Waals surface area contributed by atoms with E-state index in [1.54, 1.807) is 30.3 Å². The van der Waals surface area contributed by atoms with Crippen LogP contribution in [0.4, 0.5) is 42.1 Å². The molecule has 6 rings (SSSR count). The summed E-state index contributed by atoms with van der Waals surface area (Å²) in [5, 5.41) is 14.0. The number of hydrogen-bond donors (Lipinski definition) is 5. The van der Waals surface area contributed by atoms with Crippen molar-refractivity contribution in [3.05, 3.63) is 72.1 Å². The minimum Gasteiger partial charge on any atom is -0.354 e. The van der Waals surface area contributed by atoms with Crippen molar-refractivity contribution in [1.29, 1.82) is 0 Å². The molecule has 0 spiro atoms. The lowest BCUT2D eigenvalue weighted by Crippen LogP contribution is -2.47. The minimum atomic E-state index is -4.74. The van der Waals surface area contributed by atoms with Crippen LogP contribution in [0.25, 0.3) is 10.9 Å². The fraction of sp³-hybridized carbons (Fsp3) is 0.286. The molecule has 1 fully saturated rings. The second-order valence-corrected chi connectivity index (χ2v) is 11.3. The fourth-order valence-corrected chi connectivity index (χ4v) is 5.33. The normalized spacial score (nSPS) is 16.0. The first-order valence-electron chi connectivity index (χ1n) is 14.0. The van der Waals surface area contributed by atoms with Crippen LogP contribution in [-0.2, 0) is 23.6 Å². The van der Waals surface area contributed by atoms with Gasteiger partial charge in [0.2, 0.25) is 16.8 Å². The summed E-state index contributed by atoms with van der Waals surface area (Å²) in [6.45, 7) is 4.15. The Bertz CT molecular complexity index is 1820. The maximum atomic E-state index is 13.9. The van der Waals surface area contributed by atoms with Crippen LogP contribution in [0.5, 0.6) is 0 Å². The summed E-state index contributed by atoms with van der Waals surface area (Å²) in [7, 11) is -0.781. The average Bonchev–Trinajstić information content (AvgIpc) is 3.44. The number of thiol groups is 1. The van der Waals surface area contributed by atoms with Gasteiger partial charge in [0.15, 0.2) is 5.82 Å². The number of para-hydroxylation sites is 1. The van der Waals surface area contributed by atoms with Crippen molar-refractivity contribution in [1.82, 2.24) is 34.7 Å². The highest BCUT2D eigenvalue weighted by Crippen LogP contribution is 2.36. The lowest BCUT2D eigenvalue weighted by atomic mass is 10.1. The van der Waals surface area contributed by atoms with E-state index in [0.29, 0.717) is 35.5 Å². The zero-order valence-electron chi connectivity index (χ0n) is 24.0. The van der Waals surface area contributed by atoms with Crippen LogP contribution in [0.2, 0.25) is 0 Å². The molecule has 0 aliphatic carbocycles. The monoisotopic (exact) mass is 641 g/mol. The third-order valence-corrected chi connectivity index (χ3v) is 7.87. The summed E-state index contributed by atoms with van der Waals surface area (Å²) in [6, 6.07) is 11.7. The Labute approximate surface area is 257 Å². The highest BCUT2D eigenvalue weighted by molar-refractivity contribution is 7.70. The Morgan fingerprint density at radius 1 is 1.04 bits per heavy atom. The Morgan fingerprint density at radius 2 is 1.84 bits per heavy atom. The zero-order chi connectivity index (χ0) is 31.6. The maximum absolute atomic E-state index is 13.9. The van der Waals surface area contributed by atoms with Gasteiger partial charge in [-0.15, -0.1) is 0 Å². The highest BCUT2D eigenvalue weighted by atomic mass is 32.2. The summed E-state index contributed by atoms with van der Waals surface area (Å²) in [5.41, 5.74) is 0.836. The van der Waals surface area contributed by atoms with Gasteiger partial charge in [0.25, 0.3) is 0 Å². The molecule has 45 heavy (non-hydrogen) atoms. The Morgan fingerprint density at radius 3 is 2.58 bits per heavy atom. The van der Waals surface area contributed by atoms with E-state index < -0.39 is 28.4 Å². The third-order valence-electron chi connectivity index (χ3n) is 7.45. The standard InChI is InChI=1S/C28H30F3N11O2S/c1-40-10-12-41(13-11-40)24-8-9-42(17-33-24)26-20-7-6-19(14-23(20)38-39-26)35-27-32-16-21(28(29,30)31)25(37-27)36-22-5-3-2-4-18(22)15-34-45(43)44/h2-9,14,16,45H,10-13,15,17H2,1H3,(H,38,39)(H,34,43,44)(H2,32,35,36,37). The predicted octanol–water partition coefficient (Wildman–Crippen LogP) is 3.41. The molecular formula is C28H30F3N11O2S. The number of aliphatic imine (C=N–C) groups is 1. The number of likely N-dealkylation sites (N-methyl/N-ethyl adjacent to an activating group) is 1. The first kappa shape index (κ1) is 30.3. The number of hydrogen-bond acceptors (Lipinski definition) is 11. The molecule has 0 atom stereocenters. The summed E-state index contributed by atoms with van der Waals surface area (Å²) in [6.07, 6.45) is -0.101. The van der Waals surface area contributed by atoms with Crippen molar-refractivity contribution >= 4 is 56.6 Å². The summed E-state index contributed by atoms with van der Waals surface area (Å²) in [4.78, 5) is 19.3. The molecule has 0 bridgehead atoms. The van der Waals surface area contributed by atoms with Crippen LogP contribution in [-0.4, -0.2) is 84.1 Å². The van der Waals surface area contributed by atoms with E-state index in [1.165, 1.54) is 6.07 Å². The molecular weight excluding hydrogens is 611 g/mol. The molecule has 4 N–H and O–H groups in total. The number of nitrogens with one attached hydrogen (secondary N) is 4. The number of rotatable bonds is 8. The number of nitrogens with zero attached hydrogens (tertiary/aromatic N) is 7. The van der Waals surface area contributed by atoms with E-state index in [0.717, 1.165) is 37.4 Å². The summed E-state index contributed by atoms with van der Waals surface area (Å²) < 4.78 is 65.8. The largest absolute Gasteiger partial charge is 0.421 e. The van der Waals surface area contributed by atoms with Crippen molar-refractivity contribution in [2.45, 2.75) is 12.7 Å². The van der Waals surface area contributed by atoms with Gasteiger partial charge in [-0.05, 0) is 43.0 Å². The molecule has 0 radical (unpaired) electrons. The number of halogens is 3. The molecule has 0 saturated carbocycles. The number of amidine groups is 1. The molecule has 4 heterocycles. The van der Waals surface area contributed by atoms with Gasteiger partial charge in [-0.3, -0.25) is 5.10 Å². The maximum Gasteiger partial charge on any atom is 0.421 e. The quantitative estimate of drug-likeness (QED) is 0.182. The molecule has 2 aliphatic heterocycles. The van der Waals surface area contributed by atoms with Gasteiger partial charge in [0.05, 0.1) is 5.52 Å². The second kappa shape index (κ2) is 12.7. The number of alkyl halides is 3. The van der Waals surface area contributed by atoms with Crippen LogP contribution in [0, 0.1) is 0 Å².